The third kappa shape index (κ3) is 6.45. The average Bonchev–Trinajstić information content (AvgIpc) is 3.11. The van der Waals surface area contributed by atoms with Crippen molar-refractivity contribution in [3.8, 4) is 5.75 Å². The Labute approximate surface area is 185 Å². The number of ether oxygens (including phenoxy) is 1. The Morgan fingerprint density at radius 3 is 2.47 bits per heavy atom. The Kier molecular flexibility index (Phi) is 7.38. The van der Waals surface area contributed by atoms with Crippen LogP contribution in [0.4, 0.5) is 19.0 Å². The van der Waals surface area contributed by atoms with Gasteiger partial charge in [0.25, 0.3) is 0 Å². The Morgan fingerprint density at radius 1 is 1.10 bits per heavy atom. The summed E-state index contributed by atoms with van der Waals surface area (Å²) >= 11 is 13.7. The lowest BCUT2D eigenvalue weighted by atomic mass is 10.1. The maximum atomic E-state index is 12.3. The van der Waals surface area contributed by atoms with Crippen LogP contribution in [0.25, 0.3) is 0 Å². The molecule has 0 aliphatic carbocycles. The molecule has 0 fully saturated rings. The topological polar surface area (TPSA) is 51.1 Å². The highest BCUT2D eigenvalue weighted by Crippen LogP contribution is 2.28. The van der Waals surface area contributed by atoms with E-state index in [9.17, 15) is 13.2 Å². The number of benzene rings is 1. The minimum absolute atomic E-state index is 0.168. The highest BCUT2D eigenvalue weighted by molar-refractivity contribution is 7.15. The summed E-state index contributed by atoms with van der Waals surface area (Å²) in [5, 5.41) is 0.462. The molecule has 11 heteroatoms. The Bertz CT molecular complexity index is 983. The molecule has 0 atom stereocenters. The summed E-state index contributed by atoms with van der Waals surface area (Å²) in [5.41, 5.74) is 1.60. The van der Waals surface area contributed by atoms with Crippen molar-refractivity contribution < 1.29 is 17.9 Å². The quantitative estimate of drug-likeness (QED) is 0.414. The number of alkyl halides is 3. The van der Waals surface area contributed by atoms with Crippen molar-refractivity contribution in [1.82, 2.24) is 15.0 Å². The molecule has 0 spiro atoms. The fraction of sp³-hybridized carbons (Fsp3) is 0.316. The number of aryl methyl sites for hydroxylation is 1. The van der Waals surface area contributed by atoms with Gasteiger partial charge in [-0.15, -0.1) is 11.3 Å². The van der Waals surface area contributed by atoms with Gasteiger partial charge in [0.1, 0.15) is 17.1 Å². The first-order chi connectivity index (χ1) is 14.2. The molecule has 3 aromatic rings. The summed E-state index contributed by atoms with van der Waals surface area (Å²) in [6.07, 6.45) is -0.593. The predicted octanol–water partition coefficient (Wildman–Crippen LogP) is 5.74. The number of anilines is 1. The van der Waals surface area contributed by atoms with E-state index in [-0.39, 0.29) is 5.75 Å². The van der Waals surface area contributed by atoms with Crippen LogP contribution in [0.3, 0.4) is 0 Å². The van der Waals surface area contributed by atoms with Crippen LogP contribution in [0.5, 0.6) is 5.75 Å². The first kappa shape index (κ1) is 22.6. The molecular formula is C19H17Cl2F3N4OS. The van der Waals surface area contributed by atoms with E-state index in [0.717, 1.165) is 10.4 Å². The fourth-order valence-corrected chi connectivity index (χ4v) is 3.86. The summed E-state index contributed by atoms with van der Waals surface area (Å²) in [6, 6.07) is 6.52. The third-order valence-corrected chi connectivity index (χ3v) is 5.66. The van der Waals surface area contributed by atoms with Gasteiger partial charge in [0, 0.05) is 17.6 Å². The first-order valence-electron chi connectivity index (χ1n) is 8.82. The molecule has 0 bridgehead atoms. The zero-order valence-electron chi connectivity index (χ0n) is 15.8. The maximum Gasteiger partial charge on any atom is 0.422 e. The largest absolute Gasteiger partial charge is 0.484 e. The number of hydrogen-bond donors (Lipinski definition) is 0. The monoisotopic (exact) mass is 476 g/mol. The second kappa shape index (κ2) is 9.80. The summed E-state index contributed by atoms with van der Waals surface area (Å²) in [6.45, 7) is 1.56. The number of hydrogen-bond acceptors (Lipinski definition) is 6. The molecule has 1 aromatic carbocycles. The number of aromatic nitrogens is 3. The van der Waals surface area contributed by atoms with E-state index in [1.807, 2.05) is 4.90 Å². The van der Waals surface area contributed by atoms with Crippen molar-refractivity contribution in [1.29, 1.82) is 0 Å². The van der Waals surface area contributed by atoms with Crippen molar-refractivity contribution in [3.63, 3.8) is 0 Å². The van der Waals surface area contributed by atoms with E-state index in [2.05, 4.69) is 15.0 Å². The summed E-state index contributed by atoms with van der Waals surface area (Å²) in [5.74, 6) is 0.764. The van der Waals surface area contributed by atoms with Crippen molar-refractivity contribution in [2.45, 2.75) is 26.1 Å². The van der Waals surface area contributed by atoms with Crippen molar-refractivity contribution in [2.24, 2.45) is 0 Å². The Balaban J connectivity index is 1.71. The van der Waals surface area contributed by atoms with Crippen LogP contribution in [-0.2, 0) is 13.0 Å². The van der Waals surface area contributed by atoms with E-state index in [1.165, 1.54) is 29.8 Å². The van der Waals surface area contributed by atoms with Crippen LogP contribution in [0.2, 0.25) is 9.49 Å². The highest BCUT2D eigenvalue weighted by atomic mass is 35.5. The van der Waals surface area contributed by atoms with Gasteiger partial charge in [-0.05, 0) is 31.0 Å². The van der Waals surface area contributed by atoms with Crippen LogP contribution in [-0.4, -0.2) is 34.3 Å². The van der Waals surface area contributed by atoms with Gasteiger partial charge in [-0.2, -0.15) is 13.2 Å². The molecule has 0 aliphatic heterocycles. The van der Waals surface area contributed by atoms with Crippen molar-refractivity contribution >= 4 is 40.4 Å². The van der Waals surface area contributed by atoms with Gasteiger partial charge >= 0.3 is 6.18 Å². The molecule has 2 heterocycles. The lowest BCUT2D eigenvalue weighted by Crippen LogP contribution is -2.26. The minimum Gasteiger partial charge on any atom is -0.484 e. The lowest BCUT2D eigenvalue weighted by Gasteiger charge is -2.24. The van der Waals surface area contributed by atoms with E-state index in [1.54, 1.807) is 25.3 Å². The van der Waals surface area contributed by atoms with Gasteiger partial charge in [0.2, 0.25) is 0 Å². The summed E-state index contributed by atoms with van der Waals surface area (Å²) in [4.78, 5) is 15.4. The van der Waals surface area contributed by atoms with Gasteiger partial charge in [0.05, 0.1) is 12.2 Å². The van der Waals surface area contributed by atoms with E-state index in [0.29, 0.717) is 40.5 Å². The number of thiazole rings is 1. The molecule has 3 rings (SSSR count). The molecule has 0 unspecified atom stereocenters. The van der Waals surface area contributed by atoms with Crippen molar-refractivity contribution in [2.75, 3.05) is 18.1 Å². The molecule has 160 valence electrons. The summed E-state index contributed by atoms with van der Waals surface area (Å²) < 4.78 is 42.0. The van der Waals surface area contributed by atoms with E-state index >= 15 is 0 Å². The molecule has 0 aliphatic rings. The third-order valence-electron chi connectivity index (χ3n) is 4.11. The SMILES string of the molecule is Cc1ncnc(N(CCc2ccc(OCC(F)(F)F)cc2)Cc2cnc(Cl)s2)c1Cl. The lowest BCUT2D eigenvalue weighted by molar-refractivity contribution is -0.153. The van der Waals surface area contributed by atoms with Crippen LogP contribution < -0.4 is 9.64 Å². The minimum atomic E-state index is -4.37. The molecule has 5 nitrogen and oxygen atoms in total. The van der Waals surface area contributed by atoms with Crippen LogP contribution in [0.1, 0.15) is 16.1 Å². The Hall–Kier alpha value is -2.10. The molecule has 0 saturated carbocycles. The molecule has 2 aromatic heterocycles. The van der Waals surface area contributed by atoms with Crippen LogP contribution in [0.15, 0.2) is 36.8 Å². The molecule has 0 radical (unpaired) electrons. The number of halogens is 5. The fourth-order valence-electron chi connectivity index (χ4n) is 2.65. The van der Waals surface area contributed by atoms with Crippen LogP contribution in [0, 0.1) is 6.92 Å². The average molecular weight is 477 g/mol. The Morgan fingerprint density at radius 2 is 1.83 bits per heavy atom. The van der Waals surface area contributed by atoms with Crippen molar-refractivity contribution in [3.05, 3.63) is 62.4 Å². The predicted molar refractivity (Wildman–Crippen MR) is 112 cm³/mol. The van der Waals surface area contributed by atoms with Gasteiger partial charge in [-0.1, -0.05) is 35.3 Å². The second-order valence-corrected chi connectivity index (χ2v) is 8.47. The number of rotatable bonds is 8. The van der Waals surface area contributed by atoms with Gasteiger partial charge in [-0.25, -0.2) is 15.0 Å². The molecular weight excluding hydrogens is 460 g/mol. The molecule has 0 saturated heterocycles. The normalized spacial score (nSPS) is 11.5. The van der Waals surface area contributed by atoms with E-state index < -0.39 is 12.8 Å². The smallest absolute Gasteiger partial charge is 0.422 e. The molecule has 30 heavy (non-hydrogen) atoms. The highest BCUT2D eigenvalue weighted by Gasteiger charge is 2.28. The van der Waals surface area contributed by atoms with Gasteiger partial charge in [-0.3, -0.25) is 0 Å². The van der Waals surface area contributed by atoms with Gasteiger partial charge in [0.15, 0.2) is 16.9 Å². The second-order valence-electron chi connectivity index (χ2n) is 6.40. The molecule has 0 N–H and O–H groups in total. The molecule has 0 amide bonds. The zero-order chi connectivity index (χ0) is 21.7. The first-order valence-corrected chi connectivity index (χ1v) is 10.4. The zero-order valence-corrected chi connectivity index (χ0v) is 18.1. The number of nitrogens with zero attached hydrogens (tertiary/aromatic N) is 4. The summed E-state index contributed by atoms with van der Waals surface area (Å²) in [7, 11) is 0. The van der Waals surface area contributed by atoms with Crippen LogP contribution >= 0.6 is 34.5 Å². The maximum absolute atomic E-state index is 12.3. The standard InChI is InChI=1S/C19H17Cl2F3N4OS/c1-12-16(20)17(27-11-26-12)28(9-15-8-25-18(21)30-15)7-6-13-2-4-14(5-3-13)29-10-19(22,23)24/h2-5,8,11H,6-7,9-10H2,1H3. The van der Waals surface area contributed by atoms with E-state index in [4.69, 9.17) is 27.9 Å². The van der Waals surface area contributed by atoms with Gasteiger partial charge < -0.3 is 9.64 Å².